The van der Waals surface area contributed by atoms with Crippen molar-refractivity contribution in [2.75, 3.05) is 12.5 Å². The van der Waals surface area contributed by atoms with Gasteiger partial charge in [0.1, 0.15) is 11.3 Å². The Labute approximate surface area is 124 Å². The number of nitrogens with zero attached hydrogens (tertiary/aromatic N) is 3. The van der Waals surface area contributed by atoms with Crippen molar-refractivity contribution in [1.29, 1.82) is 0 Å². The average Bonchev–Trinajstić information content (AvgIpc) is 2.76. The number of imidazole rings is 1. The summed E-state index contributed by atoms with van der Waals surface area (Å²) < 4.78 is 7.94. The SMILES string of the molecule is Cc1cnc2c(c1)nc(CCCl)n2C1CCOC(C)C1. The number of aryl methyl sites for hydroxylation is 2. The lowest BCUT2D eigenvalue weighted by atomic mass is 10.0. The molecule has 1 aliphatic heterocycles. The number of pyridine rings is 1. The fourth-order valence-corrected chi connectivity index (χ4v) is 3.15. The van der Waals surface area contributed by atoms with Crippen LogP contribution >= 0.6 is 11.6 Å². The van der Waals surface area contributed by atoms with Crippen LogP contribution in [0.25, 0.3) is 11.2 Å². The van der Waals surface area contributed by atoms with Crippen molar-refractivity contribution in [2.24, 2.45) is 0 Å². The Morgan fingerprint density at radius 3 is 3.10 bits per heavy atom. The van der Waals surface area contributed by atoms with Gasteiger partial charge >= 0.3 is 0 Å². The van der Waals surface area contributed by atoms with Gasteiger partial charge in [0, 0.05) is 31.1 Å². The minimum Gasteiger partial charge on any atom is -0.378 e. The molecule has 2 unspecified atom stereocenters. The zero-order valence-electron chi connectivity index (χ0n) is 12.0. The fourth-order valence-electron chi connectivity index (χ4n) is 2.98. The van der Waals surface area contributed by atoms with Crippen LogP contribution in [0.3, 0.4) is 0 Å². The molecule has 1 fully saturated rings. The van der Waals surface area contributed by atoms with Crippen molar-refractivity contribution in [1.82, 2.24) is 14.5 Å². The van der Waals surface area contributed by atoms with E-state index >= 15 is 0 Å². The largest absolute Gasteiger partial charge is 0.378 e. The molecule has 0 amide bonds. The second kappa shape index (κ2) is 5.70. The van der Waals surface area contributed by atoms with Crippen LogP contribution in [0.2, 0.25) is 0 Å². The lowest BCUT2D eigenvalue weighted by molar-refractivity contribution is 0.00616. The number of hydrogen-bond acceptors (Lipinski definition) is 3. The zero-order valence-corrected chi connectivity index (χ0v) is 12.7. The first-order valence-corrected chi connectivity index (χ1v) is 7.73. The molecule has 1 aliphatic rings. The highest BCUT2D eigenvalue weighted by Crippen LogP contribution is 2.30. The van der Waals surface area contributed by atoms with Gasteiger partial charge in [0.25, 0.3) is 0 Å². The molecule has 3 rings (SSSR count). The summed E-state index contributed by atoms with van der Waals surface area (Å²) >= 11 is 5.94. The first-order chi connectivity index (χ1) is 9.69. The van der Waals surface area contributed by atoms with Gasteiger partial charge in [-0.1, -0.05) is 0 Å². The molecular formula is C15H20ClN3O. The van der Waals surface area contributed by atoms with E-state index in [2.05, 4.69) is 22.5 Å². The van der Waals surface area contributed by atoms with Crippen LogP contribution < -0.4 is 0 Å². The third-order valence-corrected chi connectivity index (χ3v) is 4.07. The first kappa shape index (κ1) is 13.8. The second-order valence-corrected chi connectivity index (χ2v) is 5.93. The van der Waals surface area contributed by atoms with Gasteiger partial charge < -0.3 is 9.30 Å². The van der Waals surface area contributed by atoms with Gasteiger partial charge in [-0.2, -0.15) is 0 Å². The lowest BCUT2D eigenvalue weighted by Crippen LogP contribution is -2.26. The van der Waals surface area contributed by atoms with Crippen molar-refractivity contribution < 1.29 is 4.74 Å². The van der Waals surface area contributed by atoms with E-state index in [-0.39, 0.29) is 0 Å². The lowest BCUT2D eigenvalue weighted by Gasteiger charge is -2.29. The number of ether oxygens (including phenoxy) is 1. The molecule has 3 heterocycles. The number of hydrogen-bond donors (Lipinski definition) is 0. The van der Waals surface area contributed by atoms with Gasteiger partial charge in [-0.15, -0.1) is 11.6 Å². The van der Waals surface area contributed by atoms with E-state index in [9.17, 15) is 0 Å². The maximum Gasteiger partial charge on any atom is 0.160 e. The van der Waals surface area contributed by atoms with Gasteiger partial charge in [0.05, 0.1) is 6.10 Å². The zero-order chi connectivity index (χ0) is 14.1. The van der Waals surface area contributed by atoms with Gasteiger partial charge in [0.15, 0.2) is 5.65 Å². The Balaban J connectivity index is 2.08. The molecular weight excluding hydrogens is 274 g/mol. The van der Waals surface area contributed by atoms with Crippen molar-refractivity contribution in [3.05, 3.63) is 23.7 Å². The van der Waals surface area contributed by atoms with Crippen LogP contribution in [0.15, 0.2) is 12.3 Å². The molecule has 0 saturated carbocycles. The van der Waals surface area contributed by atoms with E-state index in [4.69, 9.17) is 21.3 Å². The molecule has 0 N–H and O–H groups in total. The maximum absolute atomic E-state index is 5.94. The summed E-state index contributed by atoms with van der Waals surface area (Å²) in [5.74, 6) is 1.63. The molecule has 1 saturated heterocycles. The second-order valence-electron chi connectivity index (χ2n) is 5.55. The number of rotatable bonds is 3. The van der Waals surface area contributed by atoms with Gasteiger partial charge in [0.2, 0.25) is 0 Å². The summed E-state index contributed by atoms with van der Waals surface area (Å²) in [7, 11) is 0. The fraction of sp³-hybridized carbons (Fsp3) is 0.600. The highest BCUT2D eigenvalue weighted by molar-refractivity contribution is 6.17. The molecule has 108 valence electrons. The minimum atomic E-state index is 0.292. The quantitative estimate of drug-likeness (QED) is 0.816. The first-order valence-electron chi connectivity index (χ1n) is 7.20. The van der Waals surface area contributed by atoms with Crippen LogP contribution in [-0.2, 0) is 11.2 Å². The van der Waals surface area contributed by atoms with Crippen molar-refractivity contribution in [2.45, 2.75) is 45.3 Å². The van der Waals surface area contributed by atoms with Crippen molar-refractivity contribution in [3.8, 4) is 0 Å². The Morgan fingerprint density at radius 2 is 2.35 bits per heavy atom. The highest BCUT2D eigenvalue weighted by Gasteiger charge is 2.25. The van der Waals surface area contributed by atoms with E-state index in [0.29, 0.717) is 18.0 Å². The molecule has 4 nitrogen and oxygen atoms in total. The minimum absolute atomic E-state index is 0.292. The molecule has 0 aliphatic carbocycles. The summed E-state index contributed by atoms with van der Waals surface area (Å²) in [6, 6.07) is 2.51. The van der Waals surface area contributed by atoms with Crippen LogP contribution in [0.1, 0.15) is 37.2 Å². The van der Waals surface area contributed by atoms with Crippen LogP contribution in [-0.4, -0.2) is 33.1 Å². The summed E-state index contributed by atoms with van der Waals surface area (Å²) in [5, 5.41) is 0. The molecule has 2 atom stereocenters. The molecule has 5 heteroatoms. The average molecular weight is 294 g/mol. The number of halogens is 1. The third-order valence-electron chi connectivity index (χ3n) is 3.88. The van der Waals surface area contributed by atoms with Crippen LogP contribution in [0, 0.1) is 6.92 Å². The van der Waals surface area contributed by atoms with Crippen LogP contribution in [0.5, 0.6) is 0 Å². The molecule has 0 bridgehead atoms. The summed E-state index contributed by atoms with van der Waals surface area (Å²) in [4.78, 5) is 9.34. The number of fused-ring (bicyclic) bond motifs is 1. The van der Waals surface area contributed by atoms with E-state index in [1.807, 2.05) is 13.1 Å². The maximum atomic E-state index is 5.94. The molecule has 0 aromatic carbocycles. The molecule has 2 aromatic rings. The van der Waals surface area contributed by atoms with E-state index < -0.39 is 0 Å². The van der Waals surface area contributed by atoms with E-state index in [0.717, 1.165) is 48.4 Å². The molecule has 2 aromatic heterocycles. The summed E-state index contributed by atoms with van der Waals surface area (Å²) in [6.45, 7) is 4.98. The summed E-state index contributed by atoms with van der Waals surface area (Å²) in [5.41, 5.74) is 3.10. The standard InChI is InChI=1S/C15H20ClN3O/c1-10-7-13-15(17-9-10)19(14(18-13)3-5-16)12-4-6-20-11(2)8-12/h7,9,11-12H,3-6,8H2,1-2H3. The molecule has 0 radical (unpaired) electrons. The highest BCUT2D eigenvalue weighted by atomic mass is 35.5. The van der Waals surface area contributed by atoms with E-state index in [1.165, 1.54) is 0 Å². The van der Waals surface area contributed by atoms with Gasteiger partial charge in [-0.05, 0) is 38.3 Å². The van der Waals surface area contributed by atoms with Crippen molar-refractivity contribution in [3.63, 3.8) is 0 Å². The third kappa shape index (κ3) is 2.54. The number of alkyl halides is 1. The smallest absolute Gasteiger partial charge is 0.160 e. The predicted octanol–water partition coefficient (Wildman–Crippen LogP) is 3.26. The van der Waals surface area contributed by atoms with Gasteiger partial charge in [-0.3, -0.25) is 0 Å². The number of aromatic nitrogens is 3. The predicted molar refractivity (Wildman–Crippen MR) is 80.4 cm³/mol. The van der Waals surface area contributed by atoms with Crippen molar-refractivity contribution >= 4 is 22.8 Å². The Kier molecular flexibility index (Phi) is 3.94. The Bertz CT molecular complexity index is 610. The monoisotopic (exact) mass is 293 g/mol. The topological polar surface area (TPSA) is 39.9 Å². The Morgan fingerprint density at radius 1 is 1.50 bits per heavy atom. The summed E-state index contributed by atoms with van der Waals surface area (Å²) in [6.07, 6.45) is 5.01. The molecule has 0 spiro atoms. The van der Waals surface area contributed by atoms with Crippen LogP contribution in [0.4, 0.5) is 0 Å². The Hall–Kier alpha value is -1.13. The molecule has 20 heavy (non-hydrogen) atoms. The van der Waals surface area contributed by atoms with E-state index in [1.54, 1.807) is 0 Å². The normalized spacial score (nSPS) is 23.4. The van der Waals surface area contributed by atoms with Gasteiger partial charge in [-0.25, -0.2) is 9.97 Å².